The lowest BCUT2D eigenvalue weighted by molar-refractivity contribution is -0.137. The molecule has 0 radical (unpaired) electrons. The quantitative estimate of drug-likeness (QED) is 0.723. The van der Waals surface area contributed by atoms with Gasteiger partial charge in [0.15, 0.2) is 0 Å². The van der Waals surface area contributed by atoms with E-state index < -0.39 is 23.6 Å². The van der Waals surface area contributed by atoms with Gasteiger partial charge < -0.3 is 9.67 Å². The summed E-state index contributed by atoms with van der Waals surface area (Å²) in [5.41, 5.74) is 1.82. The molecule has 0 atom stereocenters. The molecule has 1 aliphatic heterocycles. The van der Waals surface area contributed by atoms with Crippen molar-refractivity contribution in [1.82, 2.24) is 9.47 Å². The van der Waals surface area contributed by atoms with E-state index in [1.54, 1.807) is 12.1 Å². The van der Waals surface area contributed by atoms with Gasteiger partial charge in [-0.1, -0.05) is 18.2 Å². The van der Waals surface area contributed by atoms with Crippen LogP contribution in [-0.4, -0.2) is 38.9 Å². The van der Waals surface area contributed by atoms with Crippen LogP contribution in [0.1, 0.15) is 26.4 Å². The van der Waals surface area contributed by atoms with Gasteiger partial charge >= 0.3 is 5.97 Å². The number of hydrogen-bond acceptors (Lipinski definition) is 3. The molecule has 0 saturated carbocycles. The molecule has 2 amide bonds. The van der Waals surface area contributed by atoms with Crippen molar-refractivity contribution in [3.63, 3.8) is 0 Å². The Morgan fingerprint density at radius 1 is 1.07 bits per heavy atom. The lowest BCUT2D eigenvalue weighted by Crippen LogP contribution is -2.43. The summed E-state index contributed by atoms with van der Waals surface area (Å²) in [5, 5.41) is 10.1. The zero-order valence-electron chi connectivity index (χ0n) is 14.2. The zero-order valence-corrected chi connectivity index (χ0v) is 14.2. The van der Waals surface area contributed by atoms with Crippen LogP contribution in [0.3, 0.4) is 0 Å². The number of aromatic nitrogens is 1. The molecule has 6 nitrogen and oxygen atoms in total. The van der Waals surface area contributed by atoms with Gasteiger partial charge in [-0.3, -0.25) is 19.3 Å². The van der Waals surface area contributed by atoms with E-state index in [2.05, 4.69) is 0 Å². The number of para-hydroxylation sites is 1. The molecule has 7 heteroatoms. The second-order valence-corrected chi connectivity index (χ2v) is 6.34. The van der Waals surface area contributed by atoms with Gasteiger partial charge in [0.25, 0.3) is 11.8 Å². The van der Waals surface area contributed by atoms with E-state index in [-0.39, 0.29) is 24.3 Å². The number of carbonyl (C=O) groups is 3. The summed E-state index contributed by atoms with van der Waals surface area (Å²) in [7, 11) is 0. The Morgan fingerprint density at radius 3 is 2.48 bits per heavy atom. The molecule has 1 aliphatic rings. The summed E-state index contributed by atoms with van der Waals surface area (Å²) in [4.78, 5) is 38.2. The first kappa shape index (κ1) is 17.0. The molecule has 1 aromatic heterocycles. The van der Waals surface area contributed by atoms with E-state index in [1.807, 2.05) is 12.1 Å². The molecule has 0 fully saturated rings. The summed E-state index contributed by atoms with van der Waals surface area (Å²) in [5.74, 6) is -2.62. The third-order valence-corrected chi connectivity index (χ3v) is 4.74. The van der Waals surface area contributed by atoms with E-state index in [1.165, 1.54) is 16.7 Å². The van der Waals surface area contributed by atoms with Crippen molar-refractivity contribution in [3.8, 4) is 0 Å². The topological polar surface area (TPSA) is 79.6 Å². The van der Waals surface area contributed by atoms with Gasteiger partial charge in [-0.15, -0.1) is 0 Å². The Morgan fingerprint density at radius 2 is 1.78 bits per heavy atom. The van der Waals surface area contributed by atoms with E-state index in [4.69, 9.17) is 0 Å². The number of hydrogen-bond donors (Lipinski definition) is 1. The number of rotatable bonds is 3. The van der Waals surface area contributed by atoms with Crippen molar-refractivity contribution in [2.24, 2.45) is 0 Å². The van der Waals surface area contributed by atoms with Crippen LogP contribution in [0, 0.1) is 5.82 Å². The first-order valence-electron chi connectivity index (χ1n) is 8.41. The third kappa shape index (κ3) is 2.77. The molecule has 3 aromatic rings. The molecule has 0 aliphatic carbocycles. The van der Waals surface area contributed by atoms with Crippen LogP contribution in [-0.2, 0) is 17.8 Å². The first-order valence-corrected chi connectivity index (χ1v) is 8.41. The number of carboxylic acids is 1. The van der Waals surface area contributed by atoms with E-state index in [0.29, 0.717) is 11.9 Å². The molecule has 27 heavy (non-hydrogen) atoms. The summed E-state index contributed by atoms with van der Waals surface area (Å²) in [6.45, 7) is -0.191. The highest BCUT2D eigenvalue weighted by Crippen LogP contribution is 2.31. The monoisotopic (exact) mass is 366 g/mol. The smallest absolute Gasteiger partial charge is 0.323 e. The molecule has 0 bridgehead atoms. The van der Waals surface area contributed by atoms with Crippen LogP contribution in [0.15, 0.2) is 48.5 Å². The highest BCUT2D eigenvalue weighted by atomic mass is 19.1. The number of nitrogens with zero attached hydrogens (tertiary/aromatic N) is 2. The Kier molecular flexibility index (Phi) is 3.99. The summed E-state index contributed by atoms with van der Waals surface area (Å²) in [6.07, 6.45) is 0.432. The normalized spacial score (nSPS) is 13.7. The maximum atomic E-state index is 13.1. The molecule has 136 valence electrons. The van der Waals surface area contributed by atoms with Crippen LogP contribution < -0.4 is 0 Å². The Bertz CT molecular complexity index is 1090. The number of carbonyl (C=O) groups excluding carboxylic acids is 2. The molecule has 0 unspecified atom stereocenters. The first-order chi connectivity index (χ1) is 13.0. The minimum atomic E-state index is -1.08. The second-order valence-electron chi connectivity index (χ2n) is 6.34. The van der Waals surface area contributed by atoms with Crippen LogP contribution in [0.25, 0.3) is 10.9 Å². The maximum absolute atomic E-state index is 13.1. The van der Waals surface area contributed by atoms with Crippen molar-refractivity contribution in [2.45, 2.75) is 13.0 Å². The number of carboxylic acid groups (broad SMARTS) is 1. The average Bonchev–Trinajstić information content (AvgIpc) is 2.96. The zero-order chi connectivity index (χ0) is 19.1. The van der Waals surface area contributed by atoms with Gasteiger partial charge in [-0.25, -0.2) is 4.39 Å². The molecule has 2 heterocycles. The molecule has 0 saturated heterocycles. The van der Waals surface area contributed by atoms with Crippen molar-refractivity contribution in [2.75, 3.05) is 6.54 Å². The number of halogens is 1. The molecular formula is C20H15FN2O4. The predicted molar refractivity (Wildman–Crippen MR) is 95.0 cm³/mol. The van der Waals surface area contributed by atoms with Gasteiger partial charge in [0.1, 0.15) is 18.1 Å². The fourth-order valence-electron chi connectivity index (χ4n) is 3.57. The van der Waals surface area contributed by atoms with Crippen LogP contribution >= 0.6 is 0 Å². The summed E-state index contributed by atoms with van der Waals surface area (Å²) < 4.78 is 14.6. The Balaban J connectivity index is 1.80. The van der Waals surface area contributed by atoms with Crippen molar-refractivity contribution in [3.05, 3.63) is 71.2 Å². The lowest BCUT2D eigenvalue weighted by atomic mass is 10.0. The van der Waals surface area contributed by atoms with Gasteiger partial charge in [-0.05, 0) is 42.3 Å². The summed E-state index contributed by atoms with van der Waals surface area (Å²) in [6, 6.07) is 12.2. The SMILES string of the molecule is O=C(O)Cn1c2c(c3ccccc31)CCN(C(=O)c1ccc(F)cc1)C2=O. The number of benzene rings is 2. The summed E-state index contributed by atoms with van der Waals surface area (Å²) >= 11 is 0. The predicted octanol–water partition coefficient (Wildman–Crippen LogP) is 2.70. The van der Waals surface area contributed by atoms with E-state index >= 15 is 0 Å². The van der Waals surface area contributed by atoms with Gasteiger partial charge in [0.2, 0.25) is 0 Å². The number of imide groups is 1. The third-order valence-electron chi connectivity index (χ3n) is 4.74. The second kappa shape index (κ2) is 6.35. The van der Waals surface area contributed by atoms with Gasteiger partial charge in [-0.2, -0.15) is 0 Å². The molecule has 0 spiro atoms. The molecule has 1 N–H and O–H groups in total. The maximum Gasteiger partial charge on any atom is 0.323 e. The highest BCUT2D eigenvalue weighted by molar-refractivity contribution is 6.13. The van der Waals surface area contributed by atoms with Crippen LogP contribution in [0.5, 0.6) is 0 Å². The van der Waals surface area contributed by atoms with E-state index in [9.17, 15) is 23.9 Å². The average molecular weight is 366 g/mol. The number of fused-ring (bicyclic) bond motifs is 3. The largest absolute Gasteiger partial charge is 0.480 e. The lowest BCUT2D eigenvalue weighted by Gasteiger charge is -2.26. The highest BCUT2D eigenvalue weighted by Gasteiger charge is 2.34. The fourth-order valence-corrected chi connectivity index (χ4v) is 3.57. The standard InChI is InChI=1S/C20H15FN2O4/c21-13-7-5-12(6-8-13)19(26)22-10-9-15-14-3-1-2-4-16(14)23(11-17(24)25)18(15)20(22)27/h1-8H,9-11H2,(H,24,25). The van der Waals surface area contributed by atoms with Gasteiger partial charge in [0.05, 0.1) is 0 Å². The van der Waals surface area contributed by atoms with E-state index in [0.717, 1.165) is 28.0 Å². The van der Waals surface area contributed by atoms with Crippen LogP contribution in [0.4, 0.5) is 4.39 Å². The molecule has 2 aromatic carbocycles. The molecule has 4 rings (SSSR count). The van der Waals surface area contributed by atoms with Gasteiger partial charge in [0, 0.05) is 23.0 Å². The Hall–Kier alpha value is -3.48. The molecular weight excluding hydrogens is 351 g/mol. The van der Waals surface area contributed by atoms with Crippen molar-refractivity contribution < 1.29 is 23.9 Å². The minimum Gasteiger partial charge on any atom is -0.480 e. The minimum absolute atomic E-state index is 0.184. The van der Waals surface area contributed by atoms with Crippen molar-refractivity contribution >= 4 is 28.7 Å². The van der Waals surface area contributed by atoms with Crippen LogP contribution in [0.2, 0.25) is 0 Å². The fraction of sp³-hybridized carbons (Fsp3) is 0.150. The Labute approximate surface area is 153 Å². The number of aliphatic carboxylic acids is 1. The number of amides is 2. The van der Waals surface area contributed by atoms with Crippen molar-refractivity contribution in [1.29, 1.82) is 0 Å².